The second-order valence-electron chi connectivity index (χ2n) is 4.25. The molecule has 98 valence electrons. The lowest BCUT2D eigenvalue weighted by Crippen LogP contribution is -2.09. The molecule has 0 aromatic heterocycles. The third kappa shape index (κ3) is 2.44. The Morgan fingerprint density at radius 1 is 0.950 bits per heavy atom. The Hall–Kier alpha value is -2.88. The van der Waals surface area contributed by atoms with Gasteiger partial charge in [-0.1, -0.05) is 53.7 Å². The SMILES string of the molecule is O=C1ON=C(c2ccccc2)C1=CNc1ccccc1. The lowest BCUT2D eigenvalue weighted by Gasteiger charge is -2.02. The lowest BCUT2D eigenvalue weighted by atomic mass is 10.0. The predicted octanol–water partition coefficient (Wildman–Crippen LogP) is 2.94. The minimum Gasteiger partial charge on any atom is -0.361 e. The van der Waals surface area contributed by atoms with Crippen LogP contribution in [0.25, 0.3) is 0 Å². The summed E-state index contributed by atoms with van der Waals surface area (Å²) in [7, 11) is 0. The maximum Gasteiger partial charge on any atom is 0.369 e. The van der Waals surface area contributed by atoms with Gasteiger partial charge in [-0.05, 0) is 12.1 Å². The molecule has 0 radical (unpaired) electrons. The molecule has 0 spiro atoms. The Bertz CT molecular complexity index is 676. The van der Waals surface area contributed by atoms with Crippen molar-refractivity contribution in [2.24, 2.45) is 5.16 Å². The highest BCUT2D eigenvalue weighted by Crippen LogP contribution is 2.18. The van der Waals surface area contributed by atoms with Crippen molar-refractivity contribution in [2.45, 2.75) is 0 Å². The summed E-state index contributed by atoms with van der Waals surface area (Å²) in [5.74, 6) is -0.452. The van der Waals surface area contributed by atoms with E-state index in [2.05, 4.69) is 10.5 Å². The van der Waals surface area contributed by atoms with Crippen molar-refractivity contribution in [1.29, 1.82) is 0 Å². The fourth-order valence-corrected chi connectivity index (χ4v) is 1.90. The lowest BCUT2D eigenvalue weighted by molar-refractivity contribution is -0.136. The number of para-hydroxylation sites is 1. The zero-order valence-electron chi connectivity index (χ0n) is 10.6. The average Bonchev–Trinajstić information content (AvgIpc) is 2.88. The zero-order valence-corrected chi connectivity index (χ0v) is 10.6. The largest absolute Gasteiger partial charge is 0.369 e. The quantitative estimate of drug-likeness (QED) is 0.685. The molecule has 0 fully saturated rings. The number of hydrogen-bond donors (Lipinski definition) is 1. The summed E-state index contributed by atoms with van der Waals surface area (Å²) in [4.78, 5) is 16.5. The van der Waals surface area contributed by atoms with Crippen molar-refractivity contribution in [3.05, 3.63) is 78.0 Å². The van der Waals surface area contributed by atoms with Crippen LogP contribution >= 0.6 is 0 Å². The molecule has 3 rings (SSSR count). The molecule has 1 heterocycles. The fraction of sp³-hybridized carbons (Fsp3) is 0. The number of carbonyl (C=O) groups excluding carboxylic acids is 1. The topological polar surface area (TPSA) is 50.7 Å². The summed E-state index contributed by atoms with van der Waals surface area (Å²) < 4.78 is 0. The van der Waals surface area contributed by atoms with E-state index in [0.29, 0.717) is 11.3 Å². The summed E-state index contributed by atoms with van der Waals surface area (Å²) in [5, 5.41) is 6.91. The van der Waals surface area contributed by atoms with E-state index in [-0.39, 0.29) is 0 Å². The first-order valence-electron chi connectivity index (χ1n) is 6.21. The Morgan fingerprint density at radius 2 is 1.60 bits per heavy atom. The standard InChI is InChI=1S/C16H12N2O2/c19-16-14(11-17-13-9-5-2-6-10-13)15(18-20-16)12-7-3-1-4-8-12/h1-11,17H. The van der Waals surface area contributed by atoms with Crippen LogP contribution in [0.5, 0.6) is 0 Å². The molecule has 4 nitrogen and oxygen atoms in total. The van der Waals surface area contributed by atoms with E-state index < -0.39 is 5.97 Å². The zero-order chi connectivity index (χ0) is 13.8. The number of carbonyl (C=O) groups is 1. The second-order valence-corrected chi connectivity index (χ2v) is 4.25. The molecule has 0 saturated heterocycles. The Balaban J connectivity index is 1.87. The molecule has 2 aromatic rings. The number of rotatable bonds is 3. The van der Waals surface area contributed by atoms with E-state index >= 15 is 0 Å². The summed E-state index contributed by atoms with van der Waals surface area (Å²) >= 11 is 0. The van der Waals surface area contributed by atoms with Crippen LogP contribution in [0.2, 0.25) is 0 Å². The van der Waals surface area contributed by atoms with Crippen molar-refractivity contribution in [3.63, 3.8) is 0 Å². The van der Waals surface area contributed by atoms with Gasteiger partial charge in [-0.2, -0.15) is 0 Å². The van der Waals surface area contributed by atoms with Gasteiger partial charge in [0.05, 0.1) is 0 Å². The highest BCUT2D eigenvalue weighted by molar-refractivity contribution is 6.28. The molecular weight excluding hydrogens is 252 g/mol. The van der Waals surface area contributed by atoms with Crippen molar-refractivity contribution in [3.8, 4) is 0 Å². The molecule has 0 saturated carbocycles. The minimum atomic E-state index is -0.452. The van der Waals surface area contributed by atoms with Crippen LogP contribution in [0.15, 0.2) is 77.6 Å². The predicted molar refractivity (Wildman–Crippen MR) is 77.2 cm³/mol. The molecule has 1 N–H and O–H groups in total. The van der Waals surface area contributed by atoms with E-state index in [0.717, 1.165) is 11.3 Å². The van der Waals surface area contributed by atoms with Crippen LogP contribution in [0.4, 0.5) is 5.69 Å². The first-order chi connectivity index (χ1) is 9.84. The first-order valence-corrected chi connectivity index (χ1v) is 6.21. The number of hydrogen-bond acceptors (Lipinski definition) is 4. The van der Waals surface area contributed by atoms with Gasteiger partial charge < -0.3 is 10.2 Å². The van der Waals surface area contributed by atoms with Crippen molar-refractivity contribution in [2.75, 3.05) is 5.32 Å². The summed E-state index contributed by atoms with van der Waals surface area (Å²) in [6.07, 6.45) is 1.62. The van der Waals surface area contributed by atoms with E-state index in [1.54, 1.807) is 6.20 Å². The van der Waals surface area contributed by atoms with Crippen molar-refractivity contribution in [1.82, 2.24) is 0 Å². The average molecular weight is 264 g/mol. The molecular formula is C16H12N2O2. The molecule has 0 atom stereocenters. The maximum atomic E-state index is 11.7. The molecule has 0 amide bonds. The molecule has 0 bridgehead atoms. The van der Waals surface area contributed by atoms with Crippen molar-refractivity contribution < 1.29 is 9.63 Å². The highest BCUT2D eigenvalue weighted by atomic mass is 16.7. The molecule has 0 aliphatic carbocycles. The van der Waals surface area contributed by atoms with Crippen molar-refractivity contribution >= 4 is 17.4 Å². The molecule has 4 heteroatoms. The van der Waals surface area contributed by atoms with Crippen LogP contribution in [0, 0.1) is 0 Å². The van der Waals surface area contributed by atoms with Crippen LogP contribution in [-0.4, -0.2) is 11.7 Å². The smallest absolute Gasteiger partial charge is 0.361 e. The second kappa shape index (κ2) is 5.40. The van der Waals surface area contributed by atoms with E-state index in [1.807, 2.05) is 60.7 Å². The van der Waals surface area contributed by atoms with Gasteiger partial charge >= 0.3 is 5.97 Å². The maximum absolute atomic E-state index is 11.7. The highest BCUT2D eigenvalue weighted by Gasteiger charge is 2.26. The van der Waals surface area contributed by atoms with Crippen LogP contribution in [0.1, 0.15) is 5.56 Å². The van der Waals surface area contributed by atoms with Gasteiger partial charge in [0.1, 0.15) is 11.3 Å². The Labute approximate surface area is 116 Å². The van der Waals surface area contributed by atoms with Gasteiger partial charge in [0, 0.05) is 17.5 Å². The van der Waals surface area contributed by atoms with Crippen LogP contribution in [0.3, 0.4) is 0 Å². The minimum absolute atomic E-state index is 0.417. The normalized spacial score (nSPS) is 15.9. The number of benzene rings is 2. The monoisotopic (exact) mass is 264 g/mol. The van der Waals surface area contributed by atoms with Gasteiger partial charge in [-0.15, -0.1) is 0 Å². The summed E-state index contributed by atoms with van der Waals surface area (Å²) in [5.41, 5.74) is 2.70. The van der Waals surface area contributed by atoms with Crippen LogP contribution < -0.4 is 5.32 Å². The van der Waals surface area contributed by atoms with Gasteiger partial charge in [-0.3, -0.25) is 0 Å². The van der Waals surface area contributed by atoms with Gasteiger partial charge in [0.15, 0.2) is 0 Å². The van der Waals surface area contributed by atoms with Gasteiger partial charge in [0.25, 0.3) is 0 Å². The Morgan fingerprint density at radius 3 is 2.30 bits per heavy atom. The number of anilines is 1. The summed E-state index contributed by atoms with van der Waals surface area (Å²) in [6.45, 7) is 0. The first kappa shape index (κ1) is 12.2. The van der Waals surface area contributed by atoms with E-state index in [4.69, 9.17) is 4.84 Å². The third-order valence-electron chi connectivity index (χ3n) is 2.90. The van der Waals surface area contributed by atoms with Gasteiger partial charge in [-0.25, -0.2) is 4.79 Å². The fourth-order valence-electron chi connectivity index (χ4n) is 1.90. The molecule has 1 aliphatic rings. The molecule has 0 unspecified atom stereocenters. The van der Waals surface area contributed by atoms with Gasteiger partial charge in [0.2, 0.25) is 0 Å². The van der Waals surface area contributed by atoms with Crippen LogP contribution in [-0.2, 0) is 9.63 Å². The molecule has 2 aromatic carbocycles. The van der Waals surface area contributed by atoms with E-state index in [1.165, 1.54) is 0 Å². The number of oxime groups is 1. The number of nitrogens with one attached hydrogen (secondary N) is 1. The number of nitrogens with zero attached hydrogens (tertiary/aromatic N) is 1. The summed E-state index contributed by atoms with van der Waals surface area (Å²) in [6, 6.07) is 19.1. The Kier molecular flexibility index (Phi) is 3.29. The molecule has 1 aliphatic heterocycles. The van der Waals surface area contributed by atoms with E-state index in [9.17, 15) is 4.79 Å². The molecule has 20 heavy (non-hydrogen) atoms. The third-order valence-corrected chi connectivity index (χ3v) is 2.90.